The van der Waals surface area contributed by atoms with Crippen molar-refractivity contribution in [3.05, 3.63) is 34.4 Å². The van der Waals surface area contributed by atoms with Crippen LogP contribution in [0.5, 0.6) is 0 Å². The van der Waals surface area contributed by atoms with Gasteiger partial charge in [-0.05, 0) is 75.9 Å². The van der Waals surface area contributed by atoms with Crippen LogP contribution in [0.4, 0.5) is 11.4 Å². The molecule has 0 saturated carbocycles. The Hall–Kier alpha value is -2.44. The number of aliphatic hydroxyl groups excluding tert-OH is 2. The molecule has 4 N–H and O–H groups in total. The molecule has 0 aliphatic heterocycles. The van der Waals surface area contributed by atoms with E-state index in [-0.39, 0.29) is 0 Å². The summed E-state index contributed by atoms with van der Waals surface area (Å²) in [5.74, 6) is -0.991. The molecule has 2 aromatic carbocycles. The molecular weight excluding hydrogens is 332 g/mol. The van der Waals surface area contributed by atoms with Gasteiger partial charge in [-0.25, -0.2) is 0 Å². The maximum absolute atomic E-state index is 12.0. The molecule has 2 unspecified atom stereocenters. The van der Waals surface area contributed by atoms with Gasteiger partial charge in [-0.2, -0.15) is 0 Å². The minimum atomic E-state index is -1.13. The average molecular weight is 358 g/mol. The van der Waals surface area contributed by atoms with Crippen LogP contribution in [-0.2, 0) is 9.59 Å². The first kappa shape index (κ1) is 19.9. The van der Waals surface area contributed by atoms with E-state index in [0.29, 0.717) is 11.4 Å². The molecule has 0 aromatic heterocycles. The first-order valence-corrected chi connectivity index (χ1v) is 8.56. The third kappa shape index (κ3) is 3.71. The van der Waals surface area contributed by atoms with Crippen LogP contribution in [0, 0.1) is 27.7 Å². The van der Waals surface area contributed by atoms with Gasteiger partial charge in [-0.3, -0.25) is 9.59 Å². The van der Waals surface area contributed by atoms with Crippen molar-refractivity contribution in [2.75, 3.05) is 10.6 Å². The van der Waals surface area contributed by atoms with Crippen molar-refractivity contribution < 1.29 is 19.8 Å². The van der Waals surface area contributed by atoms with Crippen LogP contribution in [0.1, 0.15) is 36.1 Å². The second kappa shape index (κ2) is 7.43. The van der Waals surface area contributed by atoms with Gasteiger partial charge < -0.3 is 20.8 Å². The largest absolute Gasteiger partial charge is 0.384 e. The number of carbonyl (C=O) groups excluding carboxylic acids is 2. The van der Waals surface area contributed by atoms with Gasteiger partial charge in [0.05, 0.1) is 0 Å². The van der Waals surface area contributed by atoms with E-state index in [9.17, 15) is 19.8 Å². The molecule has 0 aliphatic carbocycles. The molecule has 0 spiro atoms. The summed E-state index contributed by atoms with van der Waals surface area (Å²) >= 11 is 0. The fourth-order valence-electron chi connectivity index (χ4n) is 2.91. The first-order valence-electron chi connectivity index (χ1n) is 8.56. The van der Waals surface area contributed by atoms with Crippen LogP contribution in [0.25, 0.3) is 10.8 Å². The van der Waals surface area contributed by atoms with Gasteiger partial charge in [0.1, 0.15) is 12.2 Å². The number of aryl methyl sites for hydroxylation is 4. The molecule has 0 fully saturated rings. The van der Waals surface area contributed by atoms with E-state index < -0.39 is 24.0 Å². The maximum atomic E-state index is 12.0. The van der Waals surface area contributed by atoms with Crippen LogP contribution in [-0.4, -0.2) is 34.2 Å². The SMILES string of the molecule is Cc1cc(NC(=O)C(C)O)c2c(C)c(C)cc(NC(=O)C(C)O)c2c1C. The maximum Gasteiger partial charge on any atom is 0.252 e. The Labute approximate surface area is 153 Å². The molecule has 2 atom stereocenters. The van der Waals surface area contributed by atoms with Gasteiger partial charge in [0.15, 0.2) is 0 Å². The molecule has 2 amide bonds. The van der Waals surface area contributed by atoms with Crippen molar-refractivity contribution in [3.8, 4) is 0 Å². The number of benzene rings is 2. The molecule has 0 radical (unpaired) electrons. The number of carbonyl (C=O) groups is 2. The summed E-state index contributed by atoms with van der Waals surface area (Å²) in [6, 6.07) is 3.73. The molecule has 6 heteroatoms. The number of hydrogen-bond donors (Lipinski definition) is 4. The quantitative estimate of drug-likeness (QED) is 0.675. The highest BCUT2D eigenvalue weighted by molar-refractivity contribution is 6.13. The topological polar surface area (TPSA) is 98.7 Å². The Morgan fingerprint density at radius 2 is 1.08 bits per heavy atom. The molecule has 0 bridgehead atoms. The summed E-state index contributed by atoms with van der Waals surface area (Å²) in [5.41, 5.74) is 4.99. The second-order valence-corrected chi connectivity index (χ2v) is 6.81. The van der Waals surface area contributed by atoms with Gasteiger partial charge in [0, 0.05) is 22.1 Å². The van der Waals surface area contributed by atoms with Gasteiger partial charge >= 0.3 is 0 Å². The van der Waals surface area contributed by atoms with Crippen LogP contribution in [0.3, 0.4) is 0 Å². The lowest BCUT2D eigenvalue weighted by Gasteiger charge is -2.21. The molecule has 6 nitrogen and oxygen atoms in total. The van der Waals surface area contributed by atoms with Crippen LogP contribution < -0.4 is 10.6 Å². The fourth-order valence-corrected chi connectivity index (χ4v) is 2.91. The monoisotopic (exact) mass is 358 g/mol. The van der Waals surface area contributed by atoms with E-state index >= 15 is 0 Å². The molecule has 140 valence electrons. The standard InChI is InChI=1S/C20H26N2O4/c1-9-7-15(21-19(25)13(5)23)18-12(4)10(2)8-16(17(18)11(9)3)22-20(26)14(6)24/h7-8,13-14,23-24H,1-6H3,(H,21,25)(H,22,26). The smallest absolute Gasteiger partial charge is 0.252 e. The molecule has 26 heavy (non-hydrogen) atoms. The second-order valence-electron chi connectivity index (χ2n) is 6.81. The zero-order chi connectivity index (χ0) is 19.8. The van der Waals surface area contributed by atoms with Crippen molar-refractivity contribution in [2.24, 2.45) is 0 Å². The van der Waals surface area contributed by atoms with Crippen LogP contribution in [0.2, 0.25) is 0 Å². The zero-order valence-electron chi connectivity index (χ0n) is 16.0. The number of aliphatic hydroxyl groups is 2. The summed E-state index contributed by atoms with van der Waals surface area (Å²) in [6.45, 7) is 10.6. The molecule has 0 heterocycles. The van der Waals surface area contributed by atoms with Gasteiger partial charge in [-0.1, -0.05) is 0 Å². The van der Waals surface area contributed by atoms with Crippen LogP contribution >= 0.6 is 0 Å². The first-order chi connectivity index (χ1) is 12.0. The molecule has 0 saturated heterocycles. The molecular formula is C20H26N2O4. The minimum absolute atomic E-state index is 0.495. The van der Waals surface area contributed by atoms with Crippen molar-refractivity contribution >= 4 is 34.0 Å². The third-order valence-electron chi connectivity index (χ3n) is 4.72. The van der Waals surface area contributed by atoms with Gasteiger partial charge in [0.2, 0.25) is 0 Å². The van der Waals surface area contributed by atoms with E-state index in [0.717, 1.165) is 33.0 Å². The van der Waals surface area contributed by atoms with E-state index in [4.69, 9.17) is 0 Å². The Morgan fingerprint density at radius 1 is 0.769 bits per heavy atom. The van der Waals surface area contributed by atoms with Crippen molar-refractivity contribution in [3.63, 3.8) is 0 Å². The lowest BCUT2D eigenvalue weighted by Crippen LogP contribution is -2.25. The normalized spacial score (nSPS) is 13.4. The lowest BCUT2D eigenvalue weighted by molar-refractivity contribution is -0.123. The average Bonchev–Trinajstić information content (AvgIpc) is 2.55. The van der Waals surface area contributed by atoms with Crippen molar-refractivity contribution in [1.82, 2.24) is 0 Å². The Bertz CT molecular complexity index is 812. The summed E-state index contributed by atoms with van der Waals surface area (Å²) in [6.07, 6.45) is -2.27. The highest BCUT2D eigenvalue weighted by Gasteiger charge is 2.19. The van der Waals surface area contributed by atoms with E-state index in [2.05, 4.69) is 10.6 Å². The van der Waals surface area contributed by atoms with Gasteiger partial charge in [0.25, 0.3) is 11.8 Å². The Morgan fingerprint density at radius 3 is 1.35 bits per heavy atom. The molecule has 2 rings (SSSR count). The van der Waals surface area contributed by atoms with Gasteiger partial charge in [-0.15, -0.1) is 0 Å². The number of anilines is 2. The Kier molecular flexibility index (Phi) is 5.68. The number of hydrogen-bond acceptors (Lipinski definition) is 4. The predicted molar refractivity (Wildman–Crippen MR) is 104 cm³/mol. The van der Waals surface area contributed by atoms with Crippen LogP contribution in [0.15, 0.2) is 12.1 Å². The minimum Gasteiger partial charge on any atom is -0.384 e. The summed E-state index contributed by atoms with van der Waals surface area (Å²) in [4.78, 5) is 24.1. The number of fused-ring (bicyclic) bond motifs is 1. The predicted octanol–water partition coefficient (Wildman–Crippen LogP) is 2.71. The van der Waals surface area contributed by atoms with E-state index in [1.54, 1.807) is 0 Å². The number of rotatable bonds is 4. The highest BCUT2D eigenvalue weighted by Crippen LogP contribution is 2.38. The van der Waals surface area contributed by atoms with Crippen molar-refractivity contribution in [2.45, 2.75) is 53.8 Å². The van der Waals surface area contributed by atoms with E-state index in [1.807, 2.05) is 39.8 Å². The highest BCUT2D eigenvalue weighted by atomic mass is 16.3. The fraction of sp³-hybridized carbons (Fsp3) is 0.400. The summed E-state index contributed by atoms with van der Waals surface area (Å²) < 4.78 is 0. The number of nitrogens with one attached hydrogen (secondary N) is 2. The zero-order valence-corrected chi connectivity index (χ0v) is 16.0. The molecule has 0 aliphatic rings. The molecule has 2 aromatic rings. The summed E-state index contributed by atoms with van der Waals surface area (Å²) in [5, 5.41) is 26.2. The van der Waals surface area contributed by atoms with E-state index in [1.165, 1.54) is 13.8 Å². The number of amides is 2. The summed E-state index contributed by atoms with van der Waals surface area (Å²) in [7, 11) is 0. The lowest BCUT2D eigenvalue weighted by atomic mass is 9.92. The third-order valence-corrected chi connectivity index (χ3v) is 4.72. The van der Waals surface area contributed by atoms with Crippen molar-refractivity contribution in [1.29, 1.82) is 0 Å². The Balaban J connectivity index is 2.80.